The maximum Gasteiger partial charge on any atom is 0.255 e. The van der Waals surface area contributed by atoms with Crippen molar-refractivity contribution in [2.75, 3.05) is 30.5 Å². The summed E-state index contributed by atoms with van der Waals surface area (Å²) in [4.78, 5) is 26.4. The van der Waals surface area contributed by atoms with Gasteiger partial charge >= 0.3 is 0 Å². The first-order valence-electron chi connectivity index (χ1n) is 9.25. The molecule has 2 aromatic carbocycles. The molecule has 0 bridgehead atoms. The van der Waals surface area contributed by atoms with Crippen molar-refractivity contribution in [3.05, 3.63) is 46.4 Å². The van der Waals surface area contributed by atoms with Crippen LogP contribution in [0.3, 0.4) is 0 Å². The second kappa shape index (κ2) is 9.10. The smallest absolute Gasteiger partial charge is 0.255 e. The first kappa shape index (κ1) is 20.2. The van der Waals surface area contributed by atoms with E-state index in [1.54, 1.807) is 30.2 Å². The van der Waals surface area contributed by atoms with Gasteiger partial charge in [0, 0.05) is 29.9 Å². The fourth-order valence-electron chi connectivity index (χ4n) is 3.07. The molecule has 1 aliphatic rings. The second-order valence-electron chi connectivity index (χ2n) is 6.49. The van der Waals surface area contributed by atoms with Gasteiger partial charge < -0.3 is 19.7 Å². The molecule has 3 rings (SSSR count). The van der Waals surface area contributed by atoms with Crippen molar-refractivity contribution >= 4 is 39.1 Å². The largest absolute Gasteiger partial charge is 0.493 e. The van der Waals surface area contributed by atoms with E-state index < -0.39 is 0 Å². The highest BCUT2D eigenvalue weighted by atomic mass is 79.9. The normalized spacial score (nSPS) is 13.5. The van der Waals surface area contributed by atoms with Crippen LogP contribution in [0.5, 0.6) is 11.5 Å². The van der Waals surface area contributed by atoms with Gasteiger partial charge in [0.2, 0.25) is 5.91 Å². The Labute approximate surface area is 172 Å². The number of nitrogens with zero attached hydrogens (tertiary/aromatic N) is 1. The summed E-state index contributed by atoms with van der Waals surface area (Å²) < 4.78 is 11.7. The molecule has 0 atom stereocenters. The van der Waals surface area contributed by atoms with Crippen LogP contribution in [0.4, 0.5) is 11.4 Å². The van der Waals surface area contributed by atoms with E-state index in [1.807, 2.05) is 25.1 Å². The van der Waals surface area contributed by atoms with Gasteiger partial charge in [-0.05, 0) is 59.1 Å². The van der Waals surface area contributed by atoms with Crippen LogP contribution in [0.2, 0.25) is 0 Å². The topological polar surface area (TPSA) is 67.9 Å². The molecule has 1 N–H and O–H groups in total. The number of halogens is 1. The van der Waals surface area contributed by atoms with Gasteiger partial charge in [-0.2, -0.15) is 0 Å². The molecule has 0 aromatic heterocycles. The lowest BCUT2D eigenvalue weighted by atomic mass is 10.1. The summed E-state index contributed by atoms with van der Waals surface area (Å²) in [5, 5.41) is 2.88. The number of methoxy groups -OCH3 is 1. The molecular weight excluding hydrogens is 424 g/mol. The van der Waals surface area contributed by atoms with E-state index in [0.717, 1.165) is 18.5 Å². The number of carbonyl (C=O) groups is 2. The Morgan fingerprint density at radius 3 is 2.79 bits per heavy atom. The van der Waals surface area contributed by atoms with Gasteiger partial charge in [-0.1, -0.05) is 13.0 Å². The van der Waals surface area contributed by atoms with E-state index >= 15 is 0 Å². The Bertz CT molecular complexity index is 885. The van der Waals surface area contributed by atoms with E-state index in [9.17, 15) is 9.59 Å². The Morgan fingerprint density at radius 1 is 1.29 bits per heavy atom. The van der Waals surface area contributed by atoms with E-state index in [4.69, 9.17) is 9.47 Å². The summed E-state index contributed by atoms with van der Waals surface area (Å²) in [7, 11) is 1.54. The lowest BCUT2D eigenvalue weighted by Gasteiger charge is -2.17. The first-order valence-corrected chi connectivity index (χ1v) is 10.0. The molecule has 1 aliphatic heterocycles. The van der Waals surface area contributed by atoms with Gasteiger partial charge in [0.05, 0.1) is 18.2 Å². The number of anilines is 2. The number of benzene rings is 2. The van der Waals surface area contributed by atoms with Gasteiger partial charge in [0.1, 0.15) is 0 Å². The molecule has 0 saturated carbocycles. The van der Waals surface area contributed by atoms with E-state index in [2.05, 4.69) is 21.2 Å². The highest BCUT2D eigenvalue weighted by Gasteiger charge is 2.22. The second-order valence-corrected chi connectivity index (χ2v) is 7.35. The maximum absolute atomic E-state index is 12.7. The van der Waals surface area contributed by atoms with Gasteiger partial charge in [0.15, 0.2) is 11.5 Å². The van der Waals surface area contributed by atoms with Crippen molar-refractivity contribution in [1.82, 2.24) is 0 Å². The number of carbonyl (C=O) groups excluding carboxylic acids is 2. The molecule has 148 valence electrons. The van der Waals surface area contributed by atoms with E-state index in [0.29, 0.717) is 46.8 Å². The molecule has 1 heterocycles. The highest BCUT2D eigenvalue weighted by Crippen LogP contribution is 2.37. The summed E-state index contributed by atoms with van der Waals surface area (Å²) >= 11 is 3.46. The molecule has 28 heavy (non-hydrogen) atoms. The highest BCUT2D eigenvalue weighted by molar-refractivity contribution is 9.10. The van der Waals surface area contributed by atoms with Crippen LogP contribution in [0.15, 0.2) is 40.9 Å². The molecule has 0 aliphatic carbocycles. The van der Waals surface area contributed by atoms with Crippen LogP contribution in [-0.2, 0) is 4.79 Å². The monoisotopic (exact) mass is 446 g/mol. The zero-order valence-electron chi connectivity index (χ0n) is 16.0. The number of nitrogens with one attached hydrogen (secondary N) is 1. The SMILES string of the molecule is CCCOc1c(Br)cc(C(=O)Nc2cccc(N3CCCC3=O)c2)cc1OC. The zero-order chi connectivity index (χ0) is 20.1. The quantitative estimate of drug-likeness (QED) is 0.673. The van der Waals surface area contributed by atoms with Gasteiger partial charge in [-0.25, -0.2) is 0 Å². The number of amides is 2. The fourth-order valence-corrected chi connectivity index (χ4v) is 3.63. The first-order chi connectivity index (χ1) is 13.5. The summed E-state index contributed by atoms with van der Waals surface area (Å²) in [5.74, 6) is 0.908. The van der Waals surface area contributed by atoms with Gasteiger partial charge in [-0.15, -0.1) is 0 Å². The summed E-state index contributed by atoms with van der Waals surface area (Å²) in [6, 6.07) is 10.7. The lowest BCUT2D eigenvalue weighted by molar-refractivity contribution is -0.117. The van der Waals surface area contributed by atoms with E-state index in [1.165, 1.54) is 0 Å². The predicted octanol–water partition coefficient (Wildman–Crippen LogP) is 4.63. The van der Waals surface area contributed by atoms with Crippen molar-refractivity contribution in [1.29, 1.82) is 0 Å². The molecule has 0 unspecified atom stereocenters. The van der Waals surface area contributed by atoms with Gasteiger partial charge in [0.25, 0.3) is 5.91 Å². The summed E-state index contributed by atoms with van der Waals surface area (Å²) in [6.07, 6.45) is 2.29. The standard InChI is InChI=1S/C21H23BrN2O4/c1-3-10-28-20-17(22)11-14(12-18(20)27-2)21(26)23-15-6-4-7-16(13-15)24-9-5-8-19(24)25/h4,6-7,11-13H,3,5,8-10H2,1-2H3,(H,23,26). The van der Waals surface area contributed by atoms with Crippen LogP contribution in [0, 0.1) is 0 Å². The maximum atomic E-state index is 12.7. The number of ether oxygens (including phenoxy) is 2. The minimum absolute atomic E-state index is 0.111. The minimum Gasteiger partial charge on any atom is -0.493 e. The summed E-state index contributed by atoms with van der Waals surface area (Å²) in [5.41, 5.74) is 1.86. The van der Waals surface area contributed by atoms with Crippen molar-refractivity contribution in [2.24, 2.45) is 0 Å². The molecule has 6 nitrogen and oxygen atoms in total. The molecule has 0 spiro atoms. The number of hydrogen-bond donors (Lipinski definition) is 1. The van der Waals surface area contributed by atoms with Crippen LogP contribution in [0.1, 0.15) is 36.5 Å². The molecule has 7 heteroatoms. The Morgan fingerprint density at radius 2 is 2.11 bits per heavy atom. The lowest BCUT2D eigenvalue weighted by Crippen LogP contribution is -2.23. The third kappa shape index (κ3) is 4.47. The Balaban J connectivity index is 1.79. The van der Waals surface area contributed by atoms with Crippen molar-refractivity contribution in [3.8, 4) is 11.5 Å². The fraction of sp³-hybridized carbons (Fsp3) is 0.333. The van der Waals surface area contributed by atoms with Gasteiger partial charge in [-0.3, -0.25) is 9.59 Å². The van der Waals surface area contributed by atoms with Crippen molar-refractivity contribution in [2.45, 2.75) is 26.2 Å². The third-order valence-corrected chi connectivity index (χ3v) is 5.02. The molecule has 1 fully saturated rings. The average Bonchev–Trinajstić information content (AvgIpc) is 3.12. The Hall–Kier alpha value is -2.54. The molecule has 0 radical (unpaired) electrons. The van der Waals surface area contributed by atoms with Crippen LogP contribution in [0.25, 0.3) is 0 Å². The number of hydrogen-bond acceptors (Lipinski definition) is 4. The minimum atomic E-state index is -0.272. The van der Waals surface area contributed by atoms with Crippen molar-refractivity contribution < 1.29 is 19.1 Å². The molecular formula is C21H23BrN2O4. The third-order valence-electron chi connectivity index (χ3n) is 4.43. The molecule has 2 aromatic rings. The van der Waals surface area contributed by atoms with Crippen LogP contribution in [-0.4, -0.2) is 32.1 Å². The van der Waals surface area contributed by atoms with Crippen LogP contribution >= 0.6 is 15.9 Å². The molecule has 2 amide bonds. The predicted molar refractivity (Wildman–Crippen MR) is 112 cm³/mol. The number of rotatable bonds is 7. The Kier molecular flexibility index (Phi) is 6.57. The van der Waals surface area contributed by atoms with Crippen LogP contribution < -0.4 is 19.7 Å². The summed E-state index contributed by atoms with van der Waals surface area (Å²) in [6.45, 7) is 3.29. The zero-order valence-corrected chi connectivity index (χ0v) is 17.5. The van der Waals surface area contributed by atoms with E-state index in [-0.39, 0.29) is 11.8 Å². The molecule has 1 saturated heterocycles. The van der Waals surface area contributed by atoms with Crippen molar-refractivity contribution in [3.63, 3.8) is 0 Å². The average molecular weight is 447 g/mol.